The summed E-state index contributed by atoms with van der Waals surface area (Å²) >= 11 is 0. The number of aliphatic hydroxyl groups excluding tert-OH is 1. The van der Waals surface area contributed by atoms with Gasteiger partial charge in [-0.15, -0.1) is 0 Å². The van der Waals surface area contributed by atoms with Gasteiger partial charge in [0.25, 0.3) is 0 Å². The highest BCUT2D eigenvalue weighted by molar-refractivity contribution is 5.77. The molecular formula is C27H40F3NO3. The maximum atomic E-state index is 12.9. The van der Waals surface area contributed by atoms with E-state index in [1.807, 2.05) is 0 Å². The number of halogens is 3. The van der Waals surface area contributed by atoms with Crippen molar-refractivity contribution in [3.05, 3.63) is 35.5 Å². The number of fused-ring (bicyclic) bond motifs is 1. The van der Waals surface area contributed by atoms with Gasteiger partial charge in [0.15, 0.2) is 5.60 Å². The molecular weight excluding hydrogens is 443 g/mol. The van der Waals surface area contributed by atoms with Crippen LogP contribution in [-0.2, 0) is 4.79 Å². The van der Waals surface area contributed by atoms with Crippen LogP contribution in [0.4, 0.5) is 13.2 Å². The number of allylic oxidation sites excluding steroid dienone is 4. The number of nitrogens with one attached hydrogen (secondary N) is 1. The average molecular weight is 484 g/mol. The highest BCUT2D eigenvalue weighted by Gasteiger charge is 2.52. The maximum Gasteiger partial charge on any atom is 0.417 e. The van der Waals surface area contributed by atoms with Gasteiger partial charge in [-0.05, 0) is 87.0 Å². The van der Waals surface area contributed by atoms with Crippen molar-refractivity contribution in [1.82, 2.24) is 5.32 Å². The average Bonchev–Trinajstić information content (AvgIpc) is 3.09. The van der Waals surface area contributed by atoms with Crippen molar-refractivity contribution in [1.29, 1.82) is 0 Å². The highest BCUT2D eigenvalue weighted by atomic mass is 19.4. The topological polar surface area (TPSA) is 69.6 Å². The minimum atomic E-state index is -4.84. The molecule has 3 saturated carbocycles. The molecule has 0 saturated heterocycles. The Balaban J connectivity index is 1.64. The number of rotatable bonds is 6. The Morgan fingerprint density at radius 2 is 1.97 bits per heavy atom. The van der Waals surface area contributed by atoms with Gasteiger partial charge in [0.2, 0.25) is 5.91 Å². The van der Waals surface area contributed by atoms with Gasteiger partial charge in [-0.25, -0.2) is 0 Å². The molecule has 0 spiro atoms. The summed E-state index contributed by atoms with van der Waals surface area (Å²) < 4.78 is 38.6. The third-order valence-electron chi connectivity index (χ3n) is 8.65. The highest BCUT2D eigenvalue weighted by Crippen LogP contribution is 2.59. The molecule has 0 aromatic heterocycles. The van der Waals surface area contributed by atoms with Gasteiger partial charge < -0.3 is 15.5 Å². The third-order valence-corrected chi connectivity index (χ3v) is 8.65. The summed E-state index contributed by atoms with van der Waals surface area (Å²) in [5, 5.41) is 22.2. The first kappa shape index (κ1) is 27.0. The fourth-order valence-electron chi connectivity index (χ4n) is 6.50. The third kappa shape index (κ3) is 5.78. The van der Waals surface area contributed by atoms with E-state index < -0.39 is 24.1 Å². The van der Waals surface area contributed by atoms with Crippen molar-refractivity contribution in [2.45, 2.75) is 96.4 Å². The lowest BCUT2D eigenvalue weighted by Gasteiger charge is -2.44. The minimum Gasteiger partial charge on any atom is -0.393 e. The first-order valence-corrected chi connectivity index (χ1v) is 12.6. The van der Waals surface area contributed by atoms with Crippen LogP contribution in [0.1, 0.15) is 78.6 Å². The molecule has 0 heterocycles. The Morgan fingerprint density at radius 3 is 2.65 bits per heavy atom. The van der Waals surface area contributed by atoms with Crippen molar-refractivity contribution >= 4 is 5.91 Å². The van der Waals surface area contributed by atoms with Crippen molar-refractivity contribution in [3.8, 4) is 0 Å². The van der Waals surface area contributed by atoms with Crippen LogP contribution in [0.3, 0.4) is 0 Å². The van der Waals surface area contributed by atoms with Crippen LogP contribution in [0.5, 0.6) is 0 Å². The van der Waals surface area contributed by atoms with Crippen LogP contribution >= 0.6 is 0 Å². The molecule has 3 aliphatic carbocycles. The van der Waals surface area contributed by atoms with Crippen molar-refractivity contribution in [2.24, 2.45) is 23.2 Å². The zero-order chi connectivity index (χ0) is 25.3. The first-order valence-electron chi connectivity index (χ1n) is 12.6. The molecule has 0 radical (unpaired) electrons. The molecule has 0 bridgehead atoms. The fraction of sp³-hybridized carbons (Fsp3) is 0.741. The summed E-state index contributed by atoms with van der Waals surface area (Å²) in [6.45, 7) is 9.48. The zero-order valence-corrected chi connectivity index (χ0v) is 20.7. The van der Waals surface area contributed by atoms with Gasteiger partial charge in [0.1, 0.15) is 0 Å². The molecule has 3 fully saturated rings. The standard InChI is InChI=1S/C27H40F3NO3/c1-17-7-10-21(32)14-20(17)9-8-19-6-5-13-25(3)22(11-12-23(19)25)18(2)16-31-24(33)15-26(4,34)27(28,29)30/h8-9,18,21-23,32,34H,1,5-7,10-16H2,2-4H3,(H,31,33)/t18-,21+,22-,23?,25-,26+/m1/s1. The number of aliphatic hydroxyl groups is 2. The smallest absolute Gasteiger partial charge is 0.393 e. The second-order valence-electron chi connectivity index (χ2n) is 11.3. The monoisotopic (exact) mass is 483 g/mol. The predicted octanol–water partition coefficient (Wildman–Crippen LogP) is 5.61. The molecule has 0 aliphatic heterocycles. The van der Waals surface area contributed by atoms with E-state index >= 15 is 0 Å². The summed E-state index contributed by atoms with van der Waals surface area (Å²) in [5.41, 5.74) is 0.752. The molecule has 7 heteroatoms. The summed E-state index contributed by atoms with van der Waals surface area (Å²) in [5.74, 6) is 0.165. The summed E-state index contributed by atoms with van der Waals surface area (Å²) in [7, 11) is 0. The lowest BCUT2D eigenvalue weighted by Crippen LogP contribution is -2.47. The number of carbonyl (C=O) groups is 1. The molecule has 3 rings (SSSR count). The number of amides is 1. The minimum absolute atomic E-state index is 0.0906. The summed E-state index contributed by atoms with van der Waals surface area (Å²) in [6, 6.07) is 0. The Kier molecular flexibility index (Phi) is 8.08. The van der Waals surface area contributed by atoms with E-state index in [1.54, 1.807) is 0 Å². The summed E-state index contributed by atoms with van der Waals surface area (Å²) in [6.07, 6.45) is 5.88. The molecule has 0 aromatic rings. The SMILES string of the molecule is C=C1CC[C@H](O)CC1=CC=C1CCC[C@@]2(C)C1CC[C@@H]2[C@H](C)CNC(=O)C[C@](C)(O)C(F)(F)F. The normalized spacial score (nSPS) is 35.2. The molecule has 1 amide bonds. The number of hydrogen-bond donors (Lipinski definition) is 3. The van der Waals surface area contributed by atoms with Gasteiger partial charge in [-0.2, -0.15) is 13.2 Å². The molecule has 4 nitrogen and oxygen atoms in total. The van der Waals surface area contributed by atoms with E-state index in [9.17, 15) is 28.2 Å². The van der Waals surface area contributed by atoms with Gasteiger partial charge in [-0.1, -0.05) is 43.7 Å². The van der Waals surface area contributed by atoms with Crippen molar-refractivity contribution < 1.29 is 28.2 Å². The molecule has 1 unspecified atom stereocenters. The van der Waals surface area contributed by atoms with E-state index in [0.29, 0.717) is 31.7 Å². The molecule has 3 N–H and O–H groups in total. The van der Waals surface area contributed by atoms with Crippen LogP contribution in [0.15, 0.2) is 35.5 Å². The fourth-order valence-corrected chi connectivity index (χ4v) is 6.50. The molecule has 3 aliphatic rings. The van der Waals surface area contributed by atoms with Crippen LogP contribution in [0.25, 0.3) is 0 Å². The van der Waals surface area contributed by atoms with Gasteiger partial charge >= 0.3 is 6.18 Å². The van der Waals surface area contributed by atoms with Crippen LogP contribution in [0.2, 0.25) is 0 Å². The van der Waals surface area contributed by atoms with E-state index in [4.69, 9.17) is 0 Å². The van der Waals surface area contributed by atoms with Gasteiger partial charge in [-0.3, -0.25) is 4.79 Å². The zero-order valence-electron chi connectivity index (χ0n) is 20.7. The Bertz CT molecular complexity index is 845. The van der Waals surface area contributed by atoms with Gasteiger partial charge in [0, 0.05) is 6.54 Å². The van der Waals surface area contributed by atoms with Crippen molar-refractivity contribution in [3.63, 3.8) is 0 Å². The Labute approximate surface area is 201 Å². The maximum absolute atomic E-state index is 12.9. The quantitative estimate of drug-likeness (QED) is 0.460. The lowest BCUT2D eigenvalue weighted by molar-refractivity contribution is -0.253. The van der Waals surface area contributed by atoms with Crippen LogP contribution < -0.4 is 5.32 Å². The number of alkyl halides is 3. The number of hydrogen-bond acceptors (Lipinski definition) is 3. The molecule has 0 aromatic carbocycles. The largest absolute Gasteiger partial charge is 0.417 e. The van der Waals surface area contributed by atoms with E-state index in [2.05, 4.69) is 37.9 Å². The van der Waals surface area contributed by atoms with E-state index in [-0.39, 0.29) is 17.4 Å². The van der Waals surface area contributed by atoms with Crippen LogP contribution in [-0.4, -0.2) is 40.5 Å². The Morgan fingerprint density at radius 1 is 1.26 bits per heavy atom. The van der Waals surface area contributed by atoms with Gasteiger partial charge in [0.05, 0.1) is 12.5 Å². The Hall–Kier alpha value is -1.60. The summed E-state index contributed by atoms with van der Waals surface area (Å²) in [4.78, 5) is 12.1. The molecule has 6 atom stereocenters. The second-order valence-corrected chi connectivity index (χ2v) is 11.3. The van der Waals surface area contributed by atoms with E-state index in [1.165, 1.54) is 5.57 Å². The molecule has 34 heavy (non-hydrogen) atoms. The first-order chi connectivity index (χ1) is 15.7. The molecule has 192 valence electrons. The second kappa shape index (κ2) is 10.2. The van der Waals surface area contributed by atoms with E-state index in [0.717, 1.165) is 56.1 Å². The lowest BCUT2D eigenvalue weighted by atomic mass is 9.61. The van der Waals surface area contributed by atoms with Crippen LogP contribution in [0, 0.1) is 23.2 Å². The van der Waals surface area contributed by atoms with Crippen molar-refractivity contribution in [2.75, 3.05) is 6.54 Å². The number of carbonyl (C=O) groups excluding carboxylic acids is 1. The predicted molar refractivity (Wildman–Crippen MR) is 127 cm³/mol.